The molecule has 0 aliphatic heterocycles. The first kappa shape index (κ1) is 13.1. The van der Waals surface area contributed by atoms with Crippen LogP contribution in [0.25, 0.3) is 10.8 Å². The summed E-state index contributed by atoms with van der Waals surface area (Å²) in [4.78, 5) is 0. The van der Waals surface area contributed by atoms with Gasteiger partial charge in [-0.1, -0.05) is 42.5 Å². The molecule has 2 aromatic rings. The maximum Gasteiger partial charge on any atom is 0.208 e. The number of benzene rings is 2. The van der Waals surface area contributed by atoms with E-state index in [4.69, 9.17) is 0 Å². The first-order chi connectivity index (χ1) is 8.44. The molecule has 0 spiro atoms. The Morgan fingerprint density at radius 3 is 2.44 bits per heavy atom. The number of fused-ring (bicyclic) bond motifs is 1. The van der Waals surface area contributed by atoms with Crippen LogP contribution >= 0.6 is 0 Å². The highest BCUT2D eigenvalue weighted by atomic mass is 32.2. The summed E-state index contributed by atoms with van der Waals surface area (Å²) in [6, 6.07) is 14.3. The molecule has 96 valence electrons. The van der Waals surface area contributed by atoms with Crippen molar-refractivity contribution in [3.63, 3.8) is 0 Å². The molecule has 0 aromatic heterocycles. The van der Waals surface area contributed by atoms with Gasteiger partial charge in [-0.05, 0) is 29.7 Å². The highest BCUT2D eigenvalue weighted by molar-refractivity contribution is 7.88. The summed E-state index contributed by atoms with van der Waals surface area (Å²) in [5.74, 6) is 0. The molecule has 3 nitrogen and oxygen atoms in total. The van der Waals surface area contributed by atoms with Gasteiger partial charge in [0.15, 0.2) is 0 Å². The number of sulfonamides is 1. The Bertz CT molecular complexity index is 650. The quantitative estimate of drug-likeness (QED) is 0.920. The van der Waals surface area contributed by atoms with Gasteiger partial charge in [0.1, 0.15) is 0 Å². The van der Waals surface area contributed by atoms with Crippen molar-refractivity contribution >= 4 is 20.8 Å². The van der Waals surface area contributed by atoms with Crippen molar-refractivity contribution in [2.45, 2.75) is 19.4 Å². The fourth-order valence-electron chi connectivity index (χ4n) is 2.13. The fourth-order valence-corrected chi connectivity index (χ4v) is 2.94. The topological polar surface area (TPSA) is 46.2 Å². The van der Waals surface area contributed by atoms with Crippen molar-refractivity contribution in [1.29, 1.82) is 0 Å². The second kappa shape index (κ2) is 5.08. The van der Waals surface area contributed by atoms with Gasteiger partial charge >= 0.3 is 0 Å². The van der Waals surface area contributed by atoms with Crippen LogP contribution in [-0.2, 0) is 16.4 Å². The van der Waals surface area contributed by atoms with Gasteiger partial charge < -0.3 is 0 Å². The summed E-state index contributed by atoms with van der Waals surface area (Å²) in [6.45, 7) is 1.87. The molecular weight excluding hydrogens is 246 g/mol. The second-order valence-electron chi connectivity index (χ2n) is 4.68. The highest BCUT2D eigenvalue weighted by Crippen LogP contribution is 2.16. The van der Waals surface area contributed by atoms with E-state index in [1.165, 1.54) is 17.0 Å². The molecule has 1 N–H and O–H groups in total. The third-order valence-electron chi connectivity index (χ3n) is 2.77. The monoisotopic (exact) mass is 263 g/mol. The Balaban J connectivity index is 2.17. The van der Waals surface area contributed by atoms with Crippen LogP contribution in [0.3, 0.4) is 0 Å². The lowest BCUT2D eigenvalue weighted by Gasteiger charge is -2.12. The minimum Gasteiger partial charge on any atom is -0.213 e. The molecule has 0 saturated heterocycles. The molecule has 0 fully saturated rings. The Kier molecular flexibility index (Phi) is 3.68. The van der Waals surface area contributed by atoms with Gasteiger partial charge in [0.05, 0.1) is 6.26 Å². The minimum atomic E-state index is -3.14. The number of hydrogen-bond acceptors (Lipinski definition) is 2. The predicted octanol–water partition coefficient (Wildman–Crippen LogP) is 2.32. The van der Waals surface area contributed by atoms with Gasteiger partial charge in [-0.3, -0.25) is 0 Å². The Hall–Kier alpha value is -1.39. The molecule has 0 bridgehead atoms. The van der Waals surface area contributed by atoms with Crippen molar-refractivity contribution in [2.24, 2.45) is 0 Å². The molecule has 0 radical (unpaired) electrons. The van der Waals surface area contributed by atoms with Crippen LogP contribution in [0.4, 0.5) is 0 Å². The van der Waals surface area contributed by atoms with Gasteiger partial charge in [-0.2, -0.15) is 0 Å². The van der Waals surface area contributed by atoms with E-state index in [0.29, 0.717) is 6.42 Å². The zero-order chi connectivity index (χ0) is 13.2. The third kappa shape index (κ3) is 3.55. The van der Waals surface area contributed by atoms with Gasteiger partial charge in [-0.15, -0.1) is 0 Å². The van der Waals surface area contributed by atoms with E-state index in [-0.39, 0.29) is 6.04 Å². The molecule has 0 heterocycles. The van der Waals surface area contributed by atoms with E-state index in [1.807, 2.05) is 25.1 Å². The highest BCUT2D eigenvalue weighted by Gasteiger charge is 2.09. The average Bonchev–Trinajstić information content (AvgIpc) is 2.26. The summed E-state index contributed by atoms with van der Waals surface area (Å²) in [5.41, 5.74) is 1.14. The van der Waals surface area contributed by atoms with E-state index in [2.05, 4.69) is 29.0 Å². The molecule has 1 atom stereocenters. The first-order valence-electron chi connectivity index (χ1n) is 5.89. The number of rotatable bonds is 4. The van der Waals surface area contributed by atoms with E-state index in [0.717, 1.165) is 5.56 Å². The van der Waals surface area contributed by atoms with E-state index in [9.17, 15) is 8.42 Å². The lowest BCUT2D eigenvalue weighted by molar-refractivity contribution is 0.566. The van der Waals surface area contributed by atoms with Gasteiger partial charge in [0, 0.05) is 6.04 Å². The van der Waals surface area contributed by atoms with Crippen molar-refractivity contribution in [1.82, 2.24) is 4.72 Å². The summed E-state index contributed by atoms with van der Waals surface area (Å²) in [6.07, 6.45) is 1.88. The van der Waals surface area contributed by atoms with Crippen LogP contribution < -0.4 is 4.72 Å². The number of nitrogens with one attached hydrogen (secondary N) is 1. The normalized spacial score (nSPS) is 13.7. The molecule has 0 amide bonds. The Morgan fingerprint density at radius 1 is 1.11 bits per heavy atom. The molecule has 0 aliphatic carbocycles. The molecule has 0 saturated carbocycles. The molecule has 18 heavy (non-hydrogen) atoms. The number of hydrogen-bond donors (Lipinski definition) is 1. The summed E-state index contributed by atoms with van der Waals surface area (Å²) in [7, 11) is -3.14. The smallest absolute Gasteiger partial charge is 0.208 e. The predicted molar refractivity (Wildman–Crippen MR) is 75.1 cm³/mol. The van der Waals surface area contributed by atoms with Crippen LogP contribution in [0.2, 0.25) is 0 Å². The fraction of sp³-hybridized carbons (Fsp3) is 0.286. The zero-order valence-corrected chi connectivity index (χ0v) is 11.4. The lowest BCUT2D eigenvalue weighted by atomic mass is 10.0. The summed E-state index contributed by atoms with van der Waals surface area (Å²) in [5, 5.41) is 2.38. The second-order valence-corrected chi connectivity index (χ2v) is 6.46. The van der Waals surface area contributed by atoms with Crippen LogP contribution in [-0.4, -0.2) is 20.7 Å². The van der Waals surface area contributed by atoms with Crippen LogP contribution in [0.1, 0.15) is 12.5 Å². The SMILES string of the molecule is C[C@H](Cc1ccc2ccccc2c1)NS(C)(=O)=O. The third-order valence-corrected chi connectivity index (χ3v) is 3.60. The maximum absolute atomic E-state index is 11.1. The molecular formula is C14H17NO2S. The van der Waals surface area contributed by atoms with Gasteiger partial charge in [0.2, 0.25) is 10.0 Å². The maximum atomic E-state index is 11.1. The molecule has 2 aromatic carbocycles. The largest absolute Gasteiger partial charge is 0.213 e. The van der Waals surface area contributed by atoms with Gasteiger partial charge in [0.25, 0.3) is 0 Å². The van der Waals surface area contributed by atoms with Crippen molar-refractivity contribution < 1.29 is 8.42 Å². The molecule has 4 heteroatoms. The van der Waals surface area contributed by atoms with Crippen LogP contribution in [0.5, 0.6) is 0 Å². The van der Waals surface area contributed by atoms with Crippen molar-refractivity contribution in [3.05, 3.63) is 48.0 Å². The molecule has 0 unspecified atom stereocenters. The lowest BCUT2D eigenvalue weighted by Crippen LogP contribution is -2.33. The summed E-state index contributed by atoms with van der Waals surface area (Å²) < 4.78 is 24.9. The first-order valence-corrected chi connectivity index (χ1v) is 7.78. The Morgan fingerprint density at radius 2 is 1.78 bits per heavy atom. The summed E-state index contributed by atoms with van der Waals surface area (Å²) >= 11 is 0. The zero-order valence-electron chi connectivity index (χ0n) is 10.6. The molecule has 0 aliphatic rings. The average molecular weight is 263 g/mol. The van der Waals surface area contributed by atoms with Crippen LogP contribution in [0.15, 0.2) is 42.5 Å². The van der Waals surface area contributed by atoms with Crippen molar-refractivity contribution in [2.75, 3.05) is 6.26 Å². The van der Waals surface area contributed by atoms with Gasteiger partial charge in [-0.25, -0.2) is 13.1 Å². The van der Waals surface area contributed by atoms with E-state index >= 15 is 0 Å². The minimum absolute atomic E-state index is 0.0961. The van der Waals surface area contributed by atoms with E-state index < -0.39 is 10.0 Å². The van der Waals surface area contributed by atoms with Crippen molar-refractivity contribution in [3.8, 4) is 0 Å². The Labute approximate surface area is 108 Å². The standard InChI is InChI=1S/C14H17NO2S/c1-11(15-18(2,16)17)9-12-7-8-13-5-3-4-6-14(13)10-12/h3-8,10-11,15H,9H2,1-2H3/t11-/m1/s1. The molecule has 2 rings (SSSR count). The van der Waals surface area contributed by atoms with Crippen LogP contribution in [0, 0.1) is 0 Å². The van der Waals surface area contributed by atoms with E-state index in [1.54, 1.807) is 0 Å².